The fourth-order valence-corrected chi connectivity index (χ4v) is 3.23. The molecule has 0 aromatic heterocycles. The van der Waals surface area contributed by atoms with Gasteiger partial charge in [-0.05, 0) is 0 Å². The molecule has 3 aromatic rings. The van der Waals surface area contributed by atoms with Crippen LogP contribution in [0.4, 0.5) is 0 Å². The molecule has 0 unspecified atom stereocenters. The monoisotopic (exact) mass is 420 g/mol. The quantitative estimate of drug-likeness (QED) is 0.528. The molecule has 0 heterocycles. The molecule has 0 saturated carbocycles. The number of hydrogen-bond acceptors (Lipinski definition) is 0. The van der Waals surface area contributed by atoms with Crippen molar-refractivity contribution in [2.75, 3.05) is 0 Å². The number of halogens is 2. The second-order valence-corrected chi connectivity index (χ2v) is 6.39. The molecule has 0 amide bonds. The van der Waals surface area contributed by atoms with Gasteiger partial charge in [0.15, 0.2) is 0 Å². The predicted molar refractivity (Wildman–Crippen MR) is 99.3 cm³/mol. The molecule has 3 rings (SSSR count). The second-order valence-electron chi connectivity index (χ2n) is 6.39. The molecule has 0 aliphatic heterocycles. The molecule has 0 N–H and O–H groups in total. The van der Waals surface area contributed by atoms with Gasteiger partial charge in [-0.1, -0.05) is 60.5 Å². The number of hydrogen-bond donors (Lipinski definition) is 0. The average Bonchev–Trinajstić information content (AvgIpc) is 2.97. The summed E-state index contributed by atoms with van der Waals surface area (Å²) < 4.78 is 0. The molecule has 0 spiro atoms. The van der Waals surface area contributed by atoms with Crippen molar-refractivity contribution in [3.8, 4) is 0 Å². The molecule has 0 atom stereocenters. The molecule has 25 heavy (non-hydrogen) atoms. The Morgan fingerprint density at radius 3 is 2.04 bits per heavy atom. The molecule has 134 valence electrons. The van der Waals surface area contributed by atoms with Crippen molar-refractivity contribution in [1.29, 1.82) is 0 Å². The van der Waals surface area contributed by atoms with Gasteiger partial charge >= 0.3 is 26.2 Å². The Morgan fingerprint density at radius 2 is 1.56 bits per heavy atom. The van der Waals surface area contributed by atoms with Crippen LogP contribution in [0.1, 0.15) is 46.7 Å². The maximum Gasteiger partial charge on any atom is 4.00 e. The SMILES string of the molecule is CCCc1c(C)c(C)c(C)[c-]1C.Cc1cc2ccccc2[cH-]1.[F-].[F-].[Zr+4]. The van der Waals surface area contributed by atoms with Crippen LogP contribution in [0.3, 0.4) is 0 Å². The summed E-state index contributed by atoms with van der Waals surface area (Å²) in [5.41, 5.74) is 8.97. The standard InChI is InChI=1S/C12H19.C10H9.2FH.Zr/c1-6-7-12-10(4)8(2)9(3)11(12)5;1-8-6-9-4-2-3-5-10(9)7-8;;;/h6-7H2,1-5H3;2-7H,1H3;2*1H;/q2*-1;;;+4/p-2. The molecule has 0 aliphatic rings. The smallest absolute Gasteiger partial charge is 1.00 e. The van der Waals surface area contributed by atoms with E-state index in [1.54, 1.807) is 5.56 Å². The first-order valence-corrected chi connectivity index (χ1v) is 8.29. The molecule has 0 aliphatic carbocycles. The van der Waals surface area contributed by atoms with E-state index in [-0.39, 0.29) is 35.6 Å². The van der Waals surface area contributed by atoms with E-state index in [9.17, 15) is 0 Å². The molecule has 0 nitrogen and oxygen atoms in total. The van der Waals surface area contributed by atoms with Gasteiger partial charge in [0, 0.05) is 0 Å². The number of benzene rings is 1. The van der Waals surface area contributed by atoms with Crippen LogP contribution in [0, 0.1) is 34.6 Å². The maximum atomic E-state index is 2.25. The van der Waals surface area contributed by atoms with Crippen molar-refractivity contribution in [3.63, 3.8) is 0 Å². The summed E-state index contributed by atoms with van der Waals surface area (Å²) in [5.74, 6) is 0. The van der Waals surface area contributed by atoms with Crippen molar-refractivity contribution < 1.29 is 35.6 Å². The van der Waals surface area contributed by atoms with E-state index < -0.39 is 0 Å². The molecule has 3 heteroatoms. The summed E-state index contributed by atoms with van der Waals surface area (Å²) >= 11 is 0. The van der Waals surface area contributed by atoms with E-state index >= 15 is 0 Å². The first-order valence-electron chi connectivity index (χ1n) is 8.29. The zero-order valence-electron chi connectivity index (χ0n) is 16.1. The molecule has 0 saturated heterocycles. The predicted octanol–water partition coefficient (Wildman–Crippen LogP) is 0.464. The Hall–Kier alpha value is -1.08. The molecular weight excluding hydrogens is 393 g/mol. The summed E-state index contributed by atoms with van der Waals surface area (Å²) in [6.07, 6.45) is 2.50. The van der Waals surface area contributed by atoms with Gasteiger partial charge in [-0.15, -0.1) is 40.6 Å². The second kappa shape index (κ2) is 11.5. The minimum atomic E-state index is 0. The first-order chi connectivity index (χ1) is 10.5. The fraction of sp³-hybridized carbons (Fsp3) is 0.364. The Morgan fingerprint density at radius 1 is 0.960 bits per heavy atom. The average molecular weight is 422 g/mol. The molecule has 0 radical (unpaired) electrons. The fourth-order valence-electron chi connectivity index (χ4n) is 3.23. The van der Waals surface area contributed by atoms with Gasteiger partial charge in [-0.2, -0.15) is 33.9 Å². The van der Waals surface area contributed by atoms with Gasteiger partial charge in [0.1, 0.15) is 0 Å². The summed E-state index contributed by atoms with van der Waals surface area (Å²) in [5, 5.41) is 2.69. The number of fused-ring (bicyclic) bond motifs is 1. The van der Waals surface area contributed by atoms with Crippen LogP contribution in [-0.4, -0.2) is 0 Å². The Kier molecular flexibility index (Phi) is 12.1. The first kappa shape index (κ1) is 26.2. The van der Waals surface area contributed by atoms with Gasteiger partial charge in [0.05, 0.1) is 0 Å². The Balaban J connectivity index is 0. The summed E-state index contributed by atoms with van der Waals surface area (Å²) in [6.45, 7) is 13.3. The minimum Gasteiger partial charge on any atom is -1.00 e. The third kappa shape index (κ3) is 5.99. The Bertz CT molecular complexity index is 707. The van der Waals surface area contributed by atoms with Crippen LogP contribution in [0.15, 0.2) is 36.4 Å². The van der Waals surface area contributed by atoms with Gasteiger partial charge in [0.2, 0.25) is 0 Å². The number of aryl methyl sites for hydroxylation is 1. The molecular formula is C22H28F2Zr. The van der Waals surface area contributed by atoms with Crippen LogP contribution >= 0.6 is 0 Å². The normalized spacial score (nSPS) is 9.36. The van der Waals surface area contributed by atoms with E-state index in [1.807, 2.05) is 0 Å². The Labute approximate surface area is 170 Å². The van der Waals surface area contributed by atoms with Gasteiger partial charge < -0.3 is 9.41 Å². The van der Waals surface area contributed by atoms with Crippen LogP contribution in [0.25, 0.3) is 10.8 Å². The number of rotatable bonds is 2. The van der Waals surface area contributed by atoms with Crippen LogP contribution < -0.4 is 9.41 Å². The third-order valence-corrected chi connectivity index (χ3v) is 4.86. The maximum absolute atomic E-state index is 2.25. The molecule has 0 bridgehead atoms. The van der Waals surface area contributed by atoms with Crippen molar-refractivity contribution in [2.24, 2.45) is 0 Å². The van der Waals surface area contributed by atoms with E-state index in [0.29, 0.717) is 0 Å². The summed E-state index contributed by atoms with van der Waals surface area (Å²) in [6, 6.07) is 12.8. The van der Waals surface area contributed by atoms with Crippen molar-refractivity contribution in [2.45, 2.75) is 54.4 Å². The van der Waals surface area contributed by atoms with Crippen LogP contribution in [-0.2, 0) is 32.6 Å². The van der Waals surface area contributed by atoms with Crippen molar-refractivity contribution in [1.82, 2.24) is 0 Å². The van der Waals surface area contributed by atoms with Crippen LogP contribution in [0.2, 0.25) is 0 Å². The molecule has 3 aromatic carbocycles. The zero-order chi connectivity index (χ0) is 16.3. The zero-order valence-corrected chi connectivity index (χ0v) is 18.6. The van der Waals surface area contributed by atoms with E-state index in [0.717, 1.165) is 0 Å². The van der Waals surface area contributed by atoms with E-state index in [2.05, 4.69) is 77.9 Å². The largest absolute Gasteiger partial charge is 4.00 e. The van der Waals surface area contributed by atoms with E-state index in [1.165, 1.54) is 51.4 Å². The van der Waals surface area contributed by atoms with Crippen molar-refractivity contribution in [3.05, 3.63) is 69.8 Å². The summed E-state index contributed by atoms with van der Waals surface area (Å²) in [4.78, 5) is 0. The third-order valence-electron chi connectivity index (χ3n) is 4.86. The van der Waals surface area contributed by atoms with Crippen LogP contribution in [0.5, 0.6) is 0 Å². The molecule has 0 fully saturated rings. The van der Waals surface area contributed by atoms with E-state index in [4.69, 9.17) is 0 Å². The van der Waals surface area contributed by atoms with Crippen molar-refractivity contribution >= 4 is 10.8 Å². The topological polar surface area (TPSA) is 0 Å². The summed E-state index contributed by atoms with van der Waals surface area (Å²) in [7, 11) is 0. The van der Waals surface area contributed by atoms with Gasteiger partial charge in [0.25, 0.3) is 0 Å². The van der Waals surface area contributed by atoms with Gasteiger partial charge in [-0.25, -0.2) is 0 Å². The minimum absolute atomic E-state index is 0. The van der Waals surface area contributed by atoms with Gasteiger partial charge in [-0.3, -0.25) is 0 Å².